The number of aliphatic hydroxyl groups is 1. The molecule has 0 bridgehead atoms. The molecule has 0 heterocycles. The zero-order valence-corrected chi connectivity index (χ0v) is 20.8. The molecule has 34 heavy (non-hydrogen) atoms. The van der Waals surface area contributed by atoms with Crippen molar-refractivity contribution in [1.29, 1.82) is 0 Å². The van der Waals surface area contributed by atoms with Crippen molar-refractivity contribution in [2.75, 3.05) is 19.8 Å². The van der Waals surface area contributed by atoms with Crippen molar-refractivity contribution in [2.45, 2.75) is 78.2 Å². The van der Waals surface area contributed by atoms with Gasteiger partial charge in [0.25, 0.3) is 0 Å². The fourth-order valence-electron chi connectivity index (χ4n) is 3.13. The first-order valence-corrected chi connectivity index (χ1v) is 12.0. The number of Topliss-reactive ketones (excluding diaryl/α,β-unsaturated/α-hetero) is 1. The molecule has 0 fully saturated rings. The molecule has 8 nitrogen and oxygen atoms in total. The molecule has 0 saturated carbocycles. The van der Waals surface area contributed by atoms with E-state index in [0.29, 0.717) is 19.3 Å². The van der Waals surface area contributed by atoms with Crippen molar-refractivity contribution in [1.82, 2.24) is 0 Å². The molecule has 0 saturated heterocycles. The summed E-state index contributed by atoms with van der Waals surface area (Å²) in [5.41, 5.74) is -1.79. The third kappa shape index (κ3) is 8.89. The van der Waals surface area contributed by atoms with E-state index in [-0.39, 0.29) is 25.4 Å². The van der Waals surface area contributed by atoms with Gasteiger partial charge in [0.15, 0.2) is 17.3 Å². The summed E-state index contributed by atoms with van der Waals surface area (Å²) in [6, 6.07) is 6.33. The molecule has 2 unspecified atom stereocenters. The Morgan fingerprint density at radius 1 is 0.824 bits per heavy atom. The van der Waals surface area contributed by atoms with Crippen LogP contribution in [0.2, 0.25) is 0 Å². The summed E-state index contributed by atoms with van der Waals surface area (Å²) in [6.45, 7) is 7.61. The first kappa shape index (κ1) is 29.3. The minimum Gasteiger partial charge on any atom is -0.466 e. The molecule has 0 spiro atoms. The predicted octanol–water partition coefficient (Wildman–Crippen LogP) is 3.95. The number of carbonyl (C=O) groups excluding carboxylic acids is 4. The van der Waals surface area contributed by atoms with Gasteiger partial charge >= 0.3 is 17.9 Å². The maximum atomic E-state index is 13.4. The second kappa shape index (κ2) is 15.2. The highest BCUT2D eigenvalue weighted by Gasteiger charge is 2.55. The maximum Gasteiger partial charge on any atom is 0.340 e. The second-order valence-electron chi connectivity index (χ2n) is 8.35. The highest BCUT2D eigenvalue weighted by molar-refractivity contribution is 6.13. The standard InChI is InChI=1S/C26H38O8/c1-5-8-15-32-21(27)18-26(31,25(30)34-17-10-7-3)22(24(29)33-16-9-6-2)23(28)20-13-11-19(4)12-14-20/h11-14,22,31H,5-10,15-18H2,1-4H3. The lowest BCUT2D eigenvalue weighted by molar-refractivity contribution is -0.183. The zero-order chi connectivity index (χ0) is 25.6. The van der Waals surface area contributed by atoms with Crippen molar-refractivity contribution in [3.63, 3.8) is 0 Å². The fourth-order valence-corrected chi connectivity index (χ4v) is 3.13. The third-order valence-electron chi connectivity index (χ3n) is 5.31. The van der Waals surface area contributed by atoms with E-state index in [1.165, 1.54) is 12.1 Å². The quantitative estimate of drug-likeness (QED) is 0.125. The average molecular weight is 479 g/mol. The van der Waals surface area contributed by atoms with E-state index in [2.05, 4.69) is 0 Å². The molecular weight excluding hydrogens is 440 g/mol. The number of esters is 3. The number of aryl methyl sites for hydroxylation is 1. The van der Waals surface area contributed by atoms with Gasteiger partial charge in [-0.05, 0) is 26.2 Å². The zero-order valence-electron chi connectivity index (χ0n) is 20.8. The van der Waals surface area contributed by atoms with Crippen molar-refractivity contribution in [2.24, 2.45) is 5.92 Å². The van der Waals surface area contributed by atoms with Crippen LogP contribution in [0.4, 0.5) is 0 Å². The van der Waals surface area contributed by atoms with Gasteiger partial charge in [0.2, 0.25) is 0 Å². The van der Waals surface area contributed by atoms with E-state index >= 15 is 0 Å². The van der Waals surface area contributed by atoms with Crippen molar-refractivity contribution < 1.29 is 38.5 Å². The van der Waals surface area contributed by atoms with Crippen LogP contribution in [-0.4, -0.2) is 54.2 Å². The molecular formula is C26H38O8. The minimum absolute atomic E-state index is 0.00885. The molecule has 0 aliphatic heterocycles. The number of hydrogen-bond acceptors (Lipinski definition) is 8. The summed E-state index contributed by atoms with van der Waals surface area (Å²) in [6.07, 6.45) is 2.96. The first-order chi connectivity index (χ1) is 16.2. The Morgan fingerprint density at radius 3 is 1.85 bits per heavy atom. The van der Waals surface area contributed by atoms with Gasteiger partial charge in [0, 0.05) is 5.56 Å². The summed E-state index contributed by atoms with van der Waals surface area (Å²) in [7, 11) is 0. The Bertz CT molecular complexity index is 802. The number of ketones is 1. The van der Waals surface area contributed by atoms with Crippen LogP contribution in [0.1, 0.15) is 81.6 Å². The first-order valence-electron chi connectivity index (χ1n) is 12.0. The van der Waals surface area contributed by atoms with E-state index in [0.717, 1.165) is 24.8 Å². The largest absolute Gasteiger partial charge is 0.466 e. The smallest absolute Gasteiger partial charge is 0.340 e. The summed E-state index contributed by atoms with van der Waals surface area (Å²) in [4.78, 5) is 52.0. The number of benzene rings is 1. The monoisotopic (exact) mass is 478 g/mol. The van der Waals surface area contributed by atoms with Gasteiger partial charge in [-0.3, -0.25) is 14.4 Å². The average Bonchev–Trinajstić information content (AvgIpc) is 2.80. The lowest BCUT2D eigenvalue weighted by Crippen LogP contribution is -2.55. The SMILES string of the molecule is CCCCOC(=O)CC(O)(C(=O)OCCCC)C(C(=O)OCCCC)C(=O)c1ccc(C)cc1. The second-order valence-corrected chi connectivity index (χ2v) is 8.35. The summed E-state index contributed by atoms with van der Waals surface area (Å²) in [5, 5.41) is 11.5. The van der Waals surface area contributed by atoms with E-state index in [1.807, 2.05) is 27.7 Å². The number of rotatable bonds is 16. The van der Waals surface area contributed by atoms with E-state index < -0.39 is 41.6 Å². The Morgan fingerprint density at radius 2 is 1.32 bits per heavy atom. The number of unbranched alkanes of at least 4 members (excludes halogenated alkanes) is 3. The van der Waals surface area contributed by atoms with Gasteiger partial charge in [0.1, 0.15) is 0 Å². The molecule has 1 N–H and O–H groups in total. The Labute approximate surface area is 202 Å². The molecule has 2 atom stereocenters. The number of carbonyl (C=O) groups is 4. The third-order valence-corrected chi connectivity index (χ3v) is 5.31. The molecule has 1 aromatic carbocycles. The summed E-state index contributed by atoms with van der Waals surface area (Å²) >= 11 is 0. The lowest BCUT2D eigenvalue weighted by atomic mass is 9.79. The molecule has 0 aliphatic rings. The van der Waals surface area contributed by atoms with Crippen molar-refractivity contribution in [3.8, 4) is 0 Å². The van der Waals surface area contributed by atoms with Gasteiger partial charge in [0.05, 0.1) is 26.2 Å². The molecule has 0 aliphatic carbocycles. The molecule has 190 valence electrons. The molecule has 0 radical (unpaired) electrons. The van der Waals surface area contributed by atoms with Crippen LogP contribution < -0.4 is 0 Å². The Hall–Kier alpha value is -2.74. The van der Waals surface area contributed by atoms with Crippen LogP contribution in [0.3, 0.4) is 0 Å². The number of hydrogen-bond donors (Lipinski definition) is 1. The van der Waals surface area contributed by atoms with Crippen LogP contribution in [0.15, 0.2) is 24.3 Å². The molecule has 0 aromatic heterocycles. The van der Waals surface area contributed by atoms with Crippen molar-refractivity contribution in [3.05, 3.63) is 35.4 Å². The van der Waals surface area contributed by atoms with Gasteiger partial charge in [-0.1, -0.05) is 69.9 Å². The highest BCUT2D eigenvalue weighted by Crippen LogP contribution is 2.30. The highest BCUT2D eigenvalue weighted by atomic mass is 16.6. The fraction of sp³-hybridized carbons (Fsp3) is 0.615. The van der Waals surface area contributed by atoms with Crippen LogP contribution >= 0.6 is 0 Å². The predicted molar refractivity (Wildman–Crippen MR) is 126 cm³/mol. The Kier molecular flexibility index (Phi) is 13.1. The Balaban J connectivity index is 3.39. The molecule has 8 heteroatoms. The van der Waals surface area contributed by atoms with Crippen molar-refractivity contribution >= 4 is 23.7 Å². The summed E-state index contributed by atoms with van der Waals surface area (Å²) in [5.74, 6) is -6.05. The lowest BCUT2D eigenvalue weighted by Gasteiger charge is -2.31. The topological polar surface area (TPSA) is 116 Å². The van der Waals surface area contributed by atoms with Gasteiger partial charge in [-0.15, -0.1) is 0 Å². The van der Waals surface area contributed by atoms with E-state index in [4.69, 9.17) is 14.2 Å². The minimum atomic E-state index is -2.78. The van der Waals surface area contributed by atoms with E-state index in [1.54, 1.807) is 12.1 Å². The van der Waals surface area contributed by atoms with Crippen LogP contribution in [0, 0.1) is 12.8 Å². The van der Waals surface area contributed by atoms with Crippen LogP contribution in [0.5, 0.6) is 0 Å². The molecule has 1 aromatic rings. The van der Waals surface area contributed by atoms with Crippen LogP contribution in [0.25, 0.3) is 0 Å². The van der Waals surface area contributed by atoms with Gasteiger partial charge in [-0.25, -0.2) is 4.79 Å². The normalized spacial score (nSPS) is 13.4. The number of ether oxygens (including phenoxy) is 3. The molecule has 1 rings (SSSR count). The van der Waals surface area contributed by atoms with Crippen LogP contribution in [-0.2, 0) is 28.6 Å². The van der Waals surface area contributed by atoms with Gasteiger partial charge in [-0.2, -0.15) is 0 Å². The maximum absolute atomic E-state index is 13.4. The summed E-state index contributed by atoms with van der Waals surface area (Å²) < 4.78 is 15.5. The van der Waals surface area contributed by atoms with E-state index in [9.17, 15) is 24.3 Å². The molecule has 0 amide bonds. The van der Waals surface area contributed by atoms with Gasteiger partial charge < -0.3 is 19.3 Å².